The zero-order valence-electron chi connectivity index (χ0n) is 9.63. The molecule has 15 heavy (non-hydrogen) atoms. The van der Waals surface area contributed by atoms with Crippen LogP contribution in [0, 0.1) is 13.8 Å². The number of aliphatic hydroxyl groups excluding tert-OH is 1. The summed E-state index contributed by atoms with van der Waals surface area (Å²) in [5.74, 6) is 1.77. The third-order valence-electron chi connectivity index (χ3n) is 2.15. The lowest BCUT2D eigenvalue weighted by Crippen LogP contribution is -2.35. The Morgan fingerprint density at radius 3 is 2.47 bits per heavy atom. The van der Waals surface area contributed by atoms with E-state index in [1.807, 2.05) is 20.8 Å². The fourth-order valence-corrected chi connectivity index (χ4v) is 1.13. The number of hydrogen-bond acceptors (Lipinski definition) is 5. The molecule has 0 bridgehead atoms. The molecule has 0 saturated heterocycles. The average molecular weight is 210 g/mol. The van der Waals surface area contributed by atoms with Crippen molar-refractivity contribution in [2.75, 3.05) is 17.7 Å². The predicted molar refractivity (Wildman–Crippen MR) is 60.7 cm³/mol. The lowest BCUT2D eigenvalue weighted by molar-refractivity contribution is 0.234. The first-order chi connectivity index (χ1) is 6.85. The minimum absolute atomic E-state index is 0.0232. The number of nitrogens with one attached hydrogen (secondary N) is 1. The second-order valence-electron chi connectivity index (χ2n) is 4.30. The van der Waals surface area contributed by atoms with Gasteiger partial charge in [0.15, 0.2) is 0 Å². The van der Waals surface area contributed by atoms with Crippen LogP contribution in [0.3, 0.4) is 0 Å². The van der Waals surface area contributed by atoms with Crippen LogP contribution in [-0.2, 0) is 0 Å². The third-order valence-corrected chi connectivity index (χ3v) is 2.15. The number of aliphatic hydroxyl groups is 1. The Bertz CT molecular complexity index is 363. The molecular formula is C10H18N4O. The van der Waals surface area contributed by atoms with Gasteiger partial charge in [0, 0.05) is 5.56 Å². The van der Waals surface area contributed by atoms with E-state index >= 15 is 0 Å². The number of hydrogen-bond donors (Lipinski definition) is 3. The largest absolute Gasteiger partial charge is 0.394 e. The molecule has 1 rings (SSSR count). The number of anilines is 2. The molecule has 0 aliphatic rings. The van der Waals surface area contributed by atoms with Crippen molar-refractivity contribution in [3.63, 3.8) is 0 Å². The van der Waals surface area contributed by atoms with Crippen LogP contribution in [0.25, 0.3) is 0 Å². The number of nitrogen functional groups attached to an aromatic ring is 1. The van der Waals surface area contributed by atoms with Crippen LogP contribution in [0.2, 0.25) is 0 Å². The van der Waals surface area contributed by atoms with Crippen LogP contribution >= 0.6 is 0 Å². The minimum Gasteiger partial charge on any atom is -0.394 e. The van der Waals surface area contributed by atoms with E-state index in [0.29, 0.717) is 17.5 Å². The number of nitrogens with two attached hydrogens (primary N) is 1. The highest BCUT2D eigenvalue weighted by molar-refractivity contribution is 5.55. The van der Waals surface area contributed by atoms with E-state index in [-0.39, 0.29) is 6.61 Å². The molecule has 0 radical (unpaired) electrons. The Kier molecular flexibility index (Phi) is 3.14. The maximum absolute atomic E-state index is 9.15. The average Bonchev–Trinajstić information content (AvgIpc) is 2.13. The smallest absolute Gasteiger partial charge is 0.135 e. The van der Waals surface area contributed by atoms with Gasteiger partial charge in [0.05, 0.1) is 12.1 Å². The van der Waals surface area contributed by atoms with Crippen molar-refractivity contribution < 1.29 is 5.11 Å². The van der Waals surface area contributed by atoms with Crippen molar-refractivity contribution in [3.8, 4) is 0 Å². The summed E-state index contributed by atoms with van der Waals surface area (Å²) in [7, 11) is 0. The van der Waals surface area contributed by atoms with Crippen molar-refractivity contribution >= 4 is 11.6 Å². The first-order valence-corrected chi connectivity index (χ1v) is 4.85. The molecule has 84 valence electrons. The van der Waals surface area contributed by atoms with Gasteiger partial charge in [0.25, 0.3) is 0 Å². The van der Waals surface area contributed by atoms with Crippen LogP contribution in [-0.4, -0.2) is 27.2 Å². The predicted octanol–water partition coefficient (Wildman–Crippen LogP) is 0.858. The monoisotopic (exact) mass is 210 g/mol. The summed E-state index contributed by atoms with van der Waals surface area (Å²) in [6.45, 7) is 7.44. The number of aryl methyl sites for hydroxylation is 1. The minimum atomic E-state index is -0.419. The van der Waals surface area contributed by atoms with E-state index in [2.05, 4.69) is 15.3 Å². The molecule has 0 amide bonds. The zero-order chi connectivity index (χ0) is 11.6. The van der Waals surface area contributed by atoms with Crippen LogP contribution in [0.15, 0.2) is 0 Å². The third kappa shape index (κ3) is 2.79. The molecule has 1 heterocycles. The van der Waals surface area contributed by atoms with E-state index in [9.17, 15) is 0 Å². The van der Waals surface area contributed by atoms with E-state index in [1.165, 1.54) is 0 Å². The van der Waals surface area contributed by atoms with Gasteiger partial charge in [-0.1, -0.05) is 0 Å². The van der Waals surface area contributed by atoms with Crippen LogP contribution < -0.4 is 11.1 Å². The first kappa shape index (κ1) is 11.7. The molecule has 0 fully saturated rings. The van der Waals surface area contributed by atoms with Crippen molar-refractivity contribution in [2.45, 2.75) is 33.2 Å². The summed E-state index contributed by atoms with van der Waals surface area (Å²) in [4.78, 5) is 8.31. The van der Waals surface area contributed by atoms with Crippen molar-refractivity contribution in [1.29, 1.82) is 0 Å². The molecule has 4 N–H and O–H groups in total. The summed E-state index contributed by atoms with van der Waals surface area (Å²) >= 11 is 0. The lowest BCUT2D eigenvalue weighted by atomic mass is 10.1. The van der Waals surface area contributed by atoms with Gasteiger partial charge in [-0.05, 0) is 27.7 Å². The molecule has 0 unspecified atom stereocenters. The maximum atomic E-state index is 9.15. The van der Waals surface area contributed by atoms with Gasteiger partial charge in [-0.2, -0.15) is 0 Å². The highest BCUT2D eigenvalue weighted by Crippen LogP contribution is 2.20. The van der Waals surface area contributed by atoms with Crippen LogP contribution in [0.5, 0.6) is 0 Å². The molecule has 1 aromatic heterocycles. The van der Waals surface area contributed by atoms with Gasteiger partial charge in [-0.15, -0.1) is 0 Å². The van der Waals surface area contributed by atoms with Gasteiger partial charge in [0.1, 0.15) is 17.5 Å². The SMILES string of the molecule is Cc1nc(N)c(C)c(NC(C)(C)CO)n1. The second kappa shape index (κ2) is 4.02. The van der Waals surface area contributed by atoms with Crippen molar-refractivity contribution in [2.24, 2.45) is 0 Å². The number of nitrogens with zero attached hydrogens (tertiary/aromatic N) is 2. The molecule has 0 aliphatic carbocycles. The molecule has 0 aliphatic heterocycles. The number of aromatic nitrogens is 2. The molecule has 0 atom stereocenters. The normalized spacial score (nSPS) is 11.5. The highest BCUT2D eigenvalue weighted by atomic mass is 16.3. The van der Waals surface area contributed by atoms with E-state index in [0.717, 1.165) is 5.56 Å². The molecule has 5 nitrogen and oxygen atoms in total. The fourth-order valence-electron chi connectivity index (χ4n) is 1.13. The van der Waals surface area contributed by atoms with Gasteiger partial charge >= 0.3 is 0 Å². The highest BCUT2D eigenvalue weighted by Gasteiger charge is 2.18. The summed E-state index contributed by atoms with van der Waals surface area (Å²) in [6, 6.07) is 0. The van der Waals surface area contributed by atoms with Crippen LogP contribution in [0.4, 0.5) is 11.6 Å². The molecule has 0 spiro atoms. The van der Waals surface area contributed by atoms with E-state index in [4.69, 9.17) is 10.8 Å². The Morgan fingerprint density at radius 1 is 1.33 bits per heavy atom. The first-order valence-electron chi connectivity index (χ1n) is 4.85. The molecule has 5 heteroatoms. The Balaban J connectivity index is 3.05. The summed E-state index contributed by atoms with van der Waals surface area (Å²) in [5.41, 5.74) is 6.12. The number of rotatable bonds is 3. The lowest BCUT2D eigenvalue weighted by Gasteiger charge is -2.25. The molecule has 0 saturated carbocycles. The summed E-state index contributed by atoms with van der Waals surface area (Å²) < 4.78 is 0. The van der Waals surface area contributed by atoms with Crippen molar-refractivity contribution in [1.82, 2.24) is 9.97 Å². The molecule has 1 aromatic rings. The standard InChI is InChI=1S/C10H18N4O/c1-6-8(11)12-7(2)13-9(6)14-10(3,4)5-15/h15H,5H2,1-4H3,(H3,11,12,13,14). The Hall–Kier alpha value is -1.36. The molecular weight excluding hydrogens is 192 g/mol. The van der Waals surface area contributed by atoms with Gasteiger partial charge in [-0.25, -0.2) is 9.97 Å². The Morgan fingerprint density at radius 2 is 1.93 bits per heavy atom. The molecule has 0 aromatic carbocycles. The quantitative estimate of drug-likeness (QED) is 0.689. The van der Waals surface area contributed by atoms with Gasteiger partial charge in [-0.3, -0.25) is 0 Å². The maximum Gasteiger partial charge on any atom is 0.135 e. The van der Waals surface area contributed by atoms with Crippen molar-refractivity contribution in [3.05, 3.63) is 11.4 Å². The summed E-state index contributed by atoms with van der Waals surface area (Å²) in [5, 5.41) is 12.3. The Labute approximate surface area is 89.7 Å². The summed E-state index contributed by atoms with van der Waals surface area (Å²) in [6.07, 6.45) is 0. The fraction of sp³-hybridized carbons (Fsp3) is 0.600. The van der Waals surface area contributed by atoms with Gasteiger partial charge in [0.2, 0.25) is 0 Å². The van der Waals surface area contributed by atoms with E-state index < -0.39 is 5.54 Å². The zero-order valence-corrected chi connectivity index (χ0v) is 9.63. The second-order valence-corrected chi connectivity index (χ2v) is 4.30. The van der Waals surface area contributed by atoms with E-state index in [1.54, 1.807) is 6.92 Å². The van der Waals surface area contributed by atoms with Gasteiger partial charge < -0.3 is 16.2 Å². The topological polar surface area (TPSA) is 84.1 Å². The van der Waals surface area contributed by atoms with Crippen LogP contribution in [0.1, 0.15) is 25.2 Å².